The Hall–Kier alpha value is -3.90. The quantitative estimate of drug-likeness (QED) is 0.301. The van der Waals surface area contributed by atoms with E-state index >= 15 is 4.39 Å². The largest absolute Gasteiger partial charge is 0.480 e. The van der Waals surface area contributed by atoms with Crippen LogP contribution >= 0.6 is 23.5 Å². The van der Waals surface area contributed by atoms with E-state index in [1.54, 1.807) is 37.5 Å². The number of fused-ring (bicyclic) bond motifs is 1. The number of methoxy groups -OCH3 is 1. The van der Waals surface area contributed by atoms with Crippen LogP contribution in [0.25, 0.3) is 22.2 Å². The number of halogens is 2. The van der Waals surface area contributed by atoms with E-state index in [-0.39, 0.29) is 28.8 Å². The minimum atomic E-state index is -0.599. The van der Waals surface area contributed by atoms with Crippen LogP contribution in [0.15, 0.2) is 52.4 Å². The summed E-state index contributed by atoms with van der Waals surface area (Å²) in [5, 5.41) is 6.81. The Balaban J connectivity index is 1.45. The van der Waals surface area contributed by atoms with Gasteiger partial charge in [-0.2, -0.15) is 4.98 Å². The van der Waals surface area contributed by atoms with Crippen molar-refractivity contribution in [3.05, 3.63) is 63.9 Å². The predicted molar refractivity (Wildman–Crippen MR) is 140 cm³/mol. The molecule has 0 radical (unpaired) electrons. The monoisotopic (exact) mass is 541 g/mol. The Morgan fingerprint density at radius 1 is 1.22 bits per heavy atom. The van der Waals surface area contributed by atoms with Crippen LogP contribution in [-0.2, 0) is 11.8 Å². The van der Waals surface area contributed by atoms with Gasteiger partial charge in [0.15, 0.2) is 5.82 Å². The number of anilines is 2. The summed E-state index contributed by atoms with van der Waals surface area (Å²) in [4.78, 5) is 38.1. The van der Waals surface area contributed by atoms with Gasteiger partial charge in [0.25, 0.3) is 5.56 Å². The molecule has 4 heterocycles. The normalized spacial score (nSPS) is 15.0. The summed E-state index contributed by atoms with van der Waals surface area (Å²) >= 11 is 7.11. The Kier molecular flexibility index (Phi) is 6.85. The van der Waals surface area contributed by atoms with Gasteiger partial charge in [-0.25, -0.2) is 14.4 Å². The first-order chi connectivity index (χ1) is 17.8. The van der Waals surface area contributed by atoms with E-state index in [0.29, 0.717) is 45.7 Å². The van der Waals surface area contributed by atoms with Gasteiger partial charge in [-0.1, -0.05) is 23.7 Å². The molecule has 0 bridgehead atoms. The van der Waals surface area contributed by atoms with Crippen molar-refractivity contribution in [1.29, 1.82) is 0 Å². The Morgan fingerprint density at radius 3 is 2.81 bits per heavy atom. The highest BCUT2D eigenvalue weighted by Crippen LogP contribution is 2.33. The van der Waals surface area contributed by atoms with Crippen molar-refractivity contribution in [2.45, 2.75) is 17.4 Å². The average molecular weight is 542 g/mol. The maximum atomic E-state index is 15.6. The number of aryl methyl sites for hydroxylation is 1. The third kappa shape index (κ3) is 5.02. The molecule has 1 unspecified atom stereocenters. The molecule has 3 N–H and O–H groups in total. The summed E-state index contributed by atoms with van der Waals surface area (Å²) in [6, 6.07) is 7.84. The molecule has 0 aliphatic carbocycles. The van der Waals surface area contributed by atoms with Crippen molar-refractivity contribution in [1.82, 2.24) is 24.8 Å². The fraction of sp³-hybridized carbons (Fsp3) is 0.208. The van der Waals surface area contributed by atoms with Crippen LogP contribution in [0.4, 0.5) is 16.0 Å². The zero-order valence-electron chi connectivity index (χ0n) is 19.7. The van der Waals surface area contributed by atoms with E-state index in [1.807, 2.05) is 0 Å². The number of carbonyl (C=O) groups is 1. The average Bonchev–Trinajstić information content (AvgIpc) is 3.30. The lowest BCUT2D eigenvalue weighted by atomic mass is 10.0. The summed E-state index contributed by atoms with van der Waals surface area (Å²) in [5.74, 6) is -0.00235. The minimum absolute atomic E-state index is 0.0455. The molecule has 3 aromatic heterocycles. The number of ether oxygens (including phenoxy) is 1. The highest BCUT2D eigenvalue weighted by atomic mass is 35.5. The summed E-state index contributed by atoms with van der Waals surface area (Å²) in [7, 11) is 3.05. The van der Waals surface area contributed by atoms with Gasteiger partial charge in [-0.05, 0) is 30.1 Å². The lowest BCUT2D eigenvalue weighted by Crippen LogP contribution is -2.24. The lowest BCUT2D eigenvalue weighted by Gasteiger charge is -2.14. The minimum Gasteiger partial charge on any atom is -0.480 e. The first kappa shape index (κ1) is 24.8. The van der Waals surface area contributed by atoms with Crippen LogP contribution in [0.5, 0.6) is 5.88 Å². The molecule has 37 heavy (non-hydrogen) atoms. The smallest absolute Gasteiger partial charge is 0.259 e. The fourth-order valence-corrected chi connectivity index (χ4v) is 4.97. The van der Waals surface area contributed by atoms with Gasteiger partial charge in [-0.15, -0.1) is 0 Å². The number of nitrogens with zero attached hydrogens (tertiary/aromatic N) is 4. The number of benzene rings is 1. The molecule has 5 rings (SSSR count). The Labute approximate surface area is 219 Å². The topological polar surface area (TPSA) is 123 Å². The van der Waals surface area contributed by atoms with Gasteiger partial charge in [0.05, 0.1) is 34.3 Å². The predicted octanol–water partition coefficient (Wildman–Crippen LogP) is 3.61. The van der Waals surface area contributed by atoms with Gasteiger partial charge in [-0.3, -0.25) is 14.2 Å². The molecule has 1 amide bonds. The van der Waals surface area contributed by atoms with Crippen molar-refractivity contribution in [3.8, 4) is 17.0 Å². The van der Waals surface area contributed by atoms with Crippen molar-refractivity contribution in [2.24, 2.45) is 7.05 Å². The summed E-state index contributed by atoms with van der Waals surface area (Å²) in [6.45, 7) is 0.473. The number of pyridine rings is 2. The summed E-state index contributed by atoms with van der Waals surface area (Å²) < 4.78 is 25.1. The van der Waals surface area contributed by atoms with Gasteiger partial charge >= 0.3 is 0 Å². The molecule has 0 spiro atoms. The number of amides is 1. The molecule has 1 atom stereocenters. The Morgan fingerprint density at radius 2 is 2.05 bits per heavy atom. The van der Waals surface area contributed by atoms with Crippen LogP contribution in [0.2, 0.25) is 5.02 Å². The van der Waals surface area contributed by atoms with E-state index in [0.717, 1.165) is 11.9 Å². The number of aromatic nitrogens is 4. The first-order valence-corrected chi connectivity index (χ1v) is 12.3. The molecular formula is C24H21ClFN7O3S. The fourth-order valence-electron chi connectivity index (χ4n) is 3.96. The number of carbonyl (C=O) groups excluding carboxylic acids is 1. The number of rotatable bonds is 7. The van der Waals surface area contributed by atoms with E-state index in [9.17, 15) is 9.59 Å². The molecule has 1 fully saturated rings. The van der Waals surface area contributed by atoms with Gasteiger partial charge in [0, 0.05) is 43.4 Å². The number of hydrogen-bond donors (Lipinski definition) is 3. The van der Waals surface area contributed by atoms with E-state index in [4.69, 9.17) is 16.3 Å². The molecule has 1 aliphatic heterocycles. The maximum Gasteiger partial charge on any atom is 0.259 e. The van der Waals surface area contributed by atoms with Gasteiger partial charge < -0.3 is 20.1 Å². The molecule has 10 nitrogen and oxygen atoms in total. The van der Waals surface area contributed by atoms with Crippen molar-refractivity contribution in [2.75, 3.05) is 23.7 Å². The molecule has 0 saturated carbocycles. The second-order valence-corrected chi connectivity index (χ2v) is 9.56. The van der Waals surface area contributed by atoms with Crippen LogP contribution in [0.3, 0.4) is 0 Å². The Bertz CT molecular complexity index is 1580. The van der Waals surface area contributed by atoms with Gasteiger partial charge in [0.1, 0.15) is 5.65 Å². The highest BCUT2D eigenvalue weighted by molar-refractivity contribution is 8.00. The third-order valence-corrected chi connectivity index (χ3v) is 6.84. The highest BCUT2D eigenvalue weighted by Gasteiger charge is 2.22. The second-order valence-electron chi connectivity index (χ2n) is 8.28. The van der Waals surface area contributed by atoms with Crippen molar-refractivity contribution < 1.29 is 13.9 Å². The molecule has 1 aliphatic rings. The van der Waals surface area contributed by atoms with Gasteiger partial charge in [0.2, 0.25) is 17.7 Å². The van der Waals surface area contributed by atoms with E-state index < -0.39 is 11.4 Å². The standard InChI is InChI=1S/C24H21ClFN7O3S/c1-33-21-12(9-29-24(31-21)30-14-8-19(34)27-11-14)6-16(23(33)35)15-4-3-5-17(20(15)26)32-37-18-7-13(25)10-28-22(18)36-2/h3-7,9-10,14,32H,8,11H2,1-2H3,(H,27,34)(H,29,30,31). The molecular weight excluding hydrogens is 521 g/mol. The van der Waals surface area contributed by atoms with Crippen LogP contribution in [0.1, 0.15) is 6.42 Å². The van der Waals surface area contributed by atoms with Crippen molar-refractivity contribution in [3.63, 3.8) is 0 Å². The van der Waals surface area contributed by atoms with E-state index in [2.05, 4.69) is 30.3 Å². The van der Waals surface area contributed by atoms with Crippen molar-refractivity contribution >= 4 is 52.1 Å². The summed E-state index contributed by atoms with van der Waals surface area (Å²) in [6.07, 6.45) is 3.34. The zero-order valence-corrected chi connectivity index (χ0v) is 21.3. The molecule has 1 aromatic carbocycles. The molecule has 1 saturated heterocycles. The number of nitrogens with one attached hydrogen (secondary N) is 3. The molecule has 190 valence electrons. The zero-order chi connectivity index (χ0) is 26.1. The molecule has 4 aromatic rings. The number of hydrogen-bond acceptors (Lipinski definition) is 9. The third-order valence-electron chi connectivity index (χ3n) is 5.80. The lowest BCUT2D eigenvalue weighted by molar-refractivity contribution is -0.119. The maximum absolute atomic E-state index is 15.6. The van der Waals surface area contributed by atoms with Crippen LogP contribution < -0.4 is 25.7 Å². The van der Waals surface area contributed by atoms with Crippen LogP contribution in [0, 0.1) is 5.82 Å². The second kappa shape index (κ2) is 10.2. The summed E-state index contributed by atoms with van der Waals surface area (Å²) in [5.41, 5.74) is 0.427. The molecule has 13 heteroatoms. The van der Waals surface area contributed by atoms with Crippen LogP contribution in [-0.4, -0.2) is 45.1 Å². The first-order valence-electron chi connectivity index (χ1n) is 11.2. The SMILES string of the molecule is COc1ncc(Cl)cc1SNc1cccc(-c2cc3cnc(NC4CNC(=O)C4)nc3n(C)c2=O)c1F. The van der Waals surface area contributed by atoms with E-state index in [1.165, 1.54) is 23.9 Å².